The van der Waals surface area contributed by atoms with Gasteiger partial charge in [0.05, 0.1) is 5.52 Å². The molecule has 0 aliphatic carbocycles. The van der Waals surface area contributed by atoms with E-state index in [0.29, 0.717) is 21.6 Å². The van der Waals surface area contributed by atoms with Crippen LogP contribution in [0.5, 0.6) is 0 Å². The van der Waals surface area contributed by atoms with Crippen LogP contribution in [0.1, 0.15) is 24.5 Å². The number of aryl methyl sites for hydroxylation is 1. The Morgan fingerprint density at radius 1 is 1.03 bits per heavy atom. The molecule has 2 heterocycles. The first-order chi connectivity index (χ1) is 13.6. The van der Waals surface area contributed by atoms with Crippen LogP contribution >= 0.6 is 11.9 Å². The number of aromatic nitrogens is 2. The third-order valence-electron chi connectivity index (χ3n) is 5.09. The second kappa shape index (κ2) is 6.90. The number of benzene rings is 2. The van der Waals surface area contributed by atoms with Crippen LogP contribution in [-0.2, 0) is 5.92 Å². The smallest absolute Gasteiger partial charge is 0.342 e. The SMILES string of the molecule is Cc1cccc2c1c(N1CCC1C(F)(F)F)nn2Sc1ccc(C(C)(F)F)cc1. The fraction of sp³-hybridized carbons (Fsp3) is 0.350. The minimum atomic E-state index is -4.31. The van der Waals surface area contributed by atoms with Gasteiger partial charge in [-0.25, -0.2) is 8.78 Å². The van der Waals surface area contributed by atoms with E-state index in [-0.39, 0.29) is 18.5 Å². The predicted molar refractivity (Wildman–Crippen MR) is 104 cm³/mol. The molecule has 4 rings (SSSR count). The summed E-state index contributed by atoms with van der Waals surface area (Å²) in [7, 11) is 0. The van der Waals surface area contributed by atoms with E-state index < -0.39 is 18.1 Å². The van der Waals surface area contributed by atoms with Crippen LogP contribution in [-0.4, -0.2) is 27.9 Å². The number of hydrogen-bond acceptors (Lipinski definition) is 3. The molecule has 1 aliphatic rings. The van der Waals surface area contributed by atoms with Gasteiger partial charge in [-0.2, -0.15) is 17.3 Å². The van der Waals surface area contributed by atoms with E-state index >= 15 is 0 Å². The highest BCUT2D eigenvalue weighted by Crippen LogP contribution is 2.41. The maximum atomic E-state index is 13.4. The van der Waals surface area contributed by atoms with Gasteiger partial charge in [-0.05, 0) is 37.1 Å². The van der Waals surface area contributed by atoms with Crippen molar-refractivity contribution < 1.29 is 22.0 Å². The molecule has 0 spiro atoms. The van der Waals surface area contributed by atoms with Crippen LogP contribution < -0.4 is 4.90 Å². The Balaban J connectivity index is 1.72. The molecule has 0 saturated carbocycles. The topological polar surface area (TPSA) is 21.1 Å². The summed E-state index contributed by atoms with van der Waals surface area (Å²) < 4.78 is 68.2. The van der Waals surface area contributed by atoms with Gasteiger partial charge in [0.25, 0.3) is 5.92 Å². The summed E-state index contributed by atoms with van der Waals surface area (Å²) in [6.07, 6.45) is -4.27. The Bertz CT molecular complexity index is 1040. The van der Waals surface area contributed by atoms with Gasteiger partial charge in [0, 0.05) is 41.3 Å². The molecule has 0 bridgehead atoms. The number of rotatable bonds is 4. The molecule has 3 aromatic rings. The Hall–Kier alpha value is -2.29. The lowest BCUT2D eigenvalue weighted by Crippen LogP contribution is -2.56. The molecule has 0 N–H and O–H groups in total. The third kappa shape index (κ3) is 3.68. The Kier molecular flexibility index (Phi) is 4.76. The largest absolute Gasteiger partial charge is 0.408 e. The standard InChI is InChI=1S/C20H18F5N3S/c1-12-4-3-5-15-17(12)18(27-11-10-16(27)20(23,24)25)26-28(15)29-14-8-6-13(7-9-14)19(2,21)22/h3-9,16H,10-11H2,1-2H3. The van der Waals surface area contributed by atoms with Crippen molar-refractivity contribution in [3.8, 4) is 0 Å². The minimum absolute atomic E-state index is 0.0452. The van der Waals surface area contributed by atoms with Gasteiger partial charge >= 0.3 is 6.18 Å². The lowest BCUT2D eigenvalue weighted by molar-refractivity contribution is -0.159. The van der Waals surface area contributed by atoms with Crippen molar-refractivity contribution in [2.24, 2.45) is 0 Å². The first-order valence-electron chi connectivity index (χ1n) is 9.04. The third-order valence-corrected chi connectivity index (χ3v) is 6.02. The molecule has 154 valence electrons. The second-order valence-electron chi connectivity index (χ2n) is 7.21. The summed E-state index contributed by atoms with van der Waals surface area (Å²) in [5, 5.41) is 5.13. The lowest BCUT2D eigenvalue weighted by atomic mass is 10.0. The zero-order valence-electron chi connectivity index (χ0n) is 15.7. The van der Waals surface area contributed by atoms with E-state index in [1.54, 1.807) is 22.3 Å². The highest BCUT2D eigenvalue weighted by atomic mass is 32.2. The van der Waals surface area contributed by atoms with E-state index in [9.17, 15) is 22.0 Å². The summed E-state index contributed by atoms with van der Waals surface area (Å²) in [6.45, 7) is 2.95. The van der Waals surface area contributed by atoms with Gasteiger partial charge in [-0.3, -0.25) is 0 Å². The molecule has 0 radical (unpaired) electrons. The second-order valence-corrected chi connectivity index (χ2v) is 8.21. The number of anilines is 1. The molecule has 3 nitrogen and oxygen atoms in total. The van der Waals surface area contributed by atoms with Gasteiger partial charge in [-0.15, -0.1) is 5.10 Å². The van der Waals surface area contributed by atoms with Gasteiger partial charge in [0.1, 0.15) is 6.04 Å². The van der Waals surface area contributed by atoms with Crippen LogP contribution in [0.4, 0.5) is 27.8 Å². The van der Waals surface area contributed by atoms with Gasteiger partial charge in [-0.1, -0.05) is 24.3 Å². The Labute approximate surface area is 168 Å². The van der Waals surface area contributed by atoms with Gasteiger partial charge < -0.3 is 4.90 Å². The molecule has 0 amide bonds. The van der Waals surface area contributed by atoms with Gasteiger partial charge in [0.15, 0.2) is 5.82 Å². The maximum absolute atomic E-state index is 13.4. The van der Waals surface area contributed by atoms with E-state index in [1.807, 2.05) is 19.1 Å². The number of hydrogen-bond donors (Lipinski definition) is 0. The fourth-order valence-electron chi connectivity index (χ4n) is 3.45. The first kappa shape index (κ1) is 20.0. The molecule has 1 saturated heterocycles. The highest BCUT2D eigenvalue weighted by Gasteiger charge is 2.50. The summed E-state index contributed by atoms with van der Waals surface area (Å²) in [5.41, 5.74) is 1.41. The van der Waals surface area contributed by atoms with Crippen molar-refractivity contribution in [1.82, 2.24) is 9.19 Å². The summed E-state index contributed by atoms with van der Waals surface area (Å²) in [6, 6.07) is 9.71. The van der Waals surface area contributed by atoms with Crippen molar-refractivity contribution in [3.05, 3.63) is 53.6 Å². The first-order valence-corrected chi connectivity index (χ1v) is 9.81. The monoisotopic (exact) mass is 427 g/mol. The number of nitrogens with zero attached hydrogens (tertiary/aromatic N) is 3. The molecular formula is C20H18F5N3S. The quantitative estimate of drug-likeness (QED) is 0.466. The van der Waals surface area contributed by atoms with E-state index in [2.05, 4.69) is 5.10 Å². The van der Waals surface area contributed by atoms with E-state index in [0.717, 1.165) is 12.5 Å². The van der Waals surface area contributed by atoms with Crippen LogP contribution in [0.25, 0.3) is 10.9 Å². The average Bonchev–Trinajstić information content (AvgIpc) is 2.91. The zero-order chi connectivity index (χ0) is 21.0. The Morgan fingerprint density at radius 3 is 2.28 bits per heavy atom. The van der Waals surface area contributed by atoms with Crippen molar-refractivity contribution in [3.63, 3.8) is 0 Å². The van der Waals surface area contributed by atoms with Crippen LogP contribution in [0.2, 0.25) is 0 Å². The molecule has 1 unspecified atom stereocenters. The molecule has 9 heteroatoms. The van der Waals surface area contributed by atoms with Crippen molar-refractivity contribution in [2.45, 2.75) is 43.3 Å². The predicted octanol–water partition coefficient (Wildman–Crippen LogP) is 6.15. The number of alkyl halides is 5. The van der Waals surface area contributed by atoms with Crippen LogP contribution in [0.15, 0.2) is 47.4 Å². The highest BCUT2D eigenvalue weighted by molar-refractivity contribution is 7.98. The van der Waals surface area contributed by atoms with Crippen molar-refractivity contribution in [1.29, 1.82) is 0 Å². The van der Waals surface area contributed by atoms with Crippen LogP contribution in [0, 0.1) is 6.92 Å². The zero-order valence-corrected chi connectivity index (χ0v) is 16.5. The molecule has 1 atom stereocenters. The number of halogens is 5. The summed E-state index contributed by atoms with van der Waals surface area (Å²) >= 11 is 1.18. The van der Waals surface area contributed by atoms with E-state index in [1.165, 1.54) is 29.0 Å². The molecule has 1 fully saturated rings. The minimum Gasteiger partial charge on any atom is -0.342 e. The molecule has 1 aliphatic heterocycles. The summed E-state index contributed by atoms with van der Waals surface area (Å²) in [4.78, 5) is 1.94. The van der Waals surface area contributed by atoms with Crippen molar-refractivity contribution in [2.75, 3.05) is 11.4 Å². The maximum Gasteiger partial charge on any atom is 0.408 e. The fourth-order valence-corrected chi connectivity index (χ4v) is 4.28. The van der Waals surface area contributed by atoms with Crippen LogP contribution in [0.3, 0.4) is 0 Å². The Morgan fingerprint density at radius 2 is 1.72 bits per heavy atom. The average molecular weight is 427 g/mol. The van der Waals surface area contributed by atoms with Crippen molar-refractivity contribution >= 4 is 28.7 Å². The molecule has 1 aromatic heterocycles. The molecular weight excluding hydrogens is 409 g/mol. The van der Waals surface area contributed by atoms with E-state index in [4.69, 9.17) is 0 Å². The summed E-state index contributed by atoms with van der Waals surface area (Å²) in [5.74, 6) is -2.63. The van der Waals surface area contributed by atoms with Gasteiger partial charge in [0.2, 0.25) is 0 Å². The number of fused-ring (bicyclic) bond motifs is 1. The molecule has 2 aromatic carbocycles. The molecule has 29 heavy (non-hydrogen) atoms. The normalized spacial score (nSPS) is 17.6. The lowest BCUT2D eigenvalue weighted by Gasteiger charge is -2.42.